The van der Waals surface area contributed by atoms with Crippen LogP contribution in [0, 0.1) is 0 Å². The van der Waals surface area contributed by atoms with E-state index in [9.17, 15) is 14.7 Å². The van der Waals surface area contributed by atoms with E-state index in [1.165, 1.54) is 22.8 Å². The average Bonchev–Trinajstić information content (AvgIpc) is 2.87. The fraction of sp³-hybridized carbons (Fsp3) is 0.385. The van der Waals surface area contributed by atoms with Crippen LogP contribution in [0.3, 0.4) is 0 Å². The lowest BCUT2D eigenvalue weighted by Crippen LogP contribution is -2.40. The number of hydrogen-bond donors (Lipinski definition) is 3. The highest BCUT2D eigenvalue weighted by molar-refractivity contribution is 5.78. The van der Waals surface area contributed by atoms with Gasteiger partial charge in [0, 0.05) is 18.7 Å². The molecule has 0 radical (unpaired) electrons. The van der Waals surface area contributed by atoms with Crippen LogP contribution < -0.4 is 16.6 Å². The first kappa shape index (κ1) is 12.0. The second kappa shape index (κ2) is 4.55. The Morgan fingerprint density at radius 2 is 2.21 bits per heavy atom. The van der Waals surface area contributed by atoms with E-state index in [0.29, 0.717) is 17.4 Å². The van der Waals surface area contributed by atoms with Crippen molar-refractivity contribution < 1.29 is 5.11 Å². The van der Waals surface area contributed by atoms with Gasteiger partial charge in [-0.15, -0.1) is 0 Å². The van der Waals surface area contributed by atoms with E-state index < -0.39 is 5.69 Å². The van der Waals surface area contributed by atoms with Crippen LogP contribution in [0.25, 0.3) is 10.9 Å². The van der Waals surface area contributed by atoms with Gasteiger partial charge in [0.15, 0.2) is 0 Å². The van der Waals surface area contributed by atoms with Gasteiger partial charge in [0.1, 0.15) is 5.75 Å². The lowest BCUT2D eigenvalue weighted by atomic mass is 10.2. The quantitative estimate of drug-likeness (QED) is 0.718. The van der Waals surface area contributed by atoms with Gasteiger partial charge < -0.3 is 15.4 Å². The van der Waals surface area contributed by atoms with E-state index in [0.717, 1.165) is 19.4 Å². The molecule has 2 aromatic rings. The predicted octanol–water partition coefficient (Wildman–Crippen LogP) is 0.147. The van der Waals surface area contributed by atoms with Crippen molar-refractivity contribution in [2.75, 3.05) is 6.54 Å². The third kappa shape index (κ3) is 2.15. The number of benzene rings is 1. The molecular weight excluding hydrogens is 246 g/mol. The molecule has 0 saturated carbocycles. The molecule has 6 heteroatoms. The number of nitrogens with zero attached hydrogens (tertiary/aromatic N) is 1. The zero-order valence-corrected chi connectivity index (χ0v) is 10.3. The molecule has 0 aliphatic carbocycles. The second-order valence-corrected chi connectivity index (χ2v) is 4.87. The minimum absolute atomic E-state index is 0.0257. The molecule has 100 valence electrons. The molecule has 19 heavy (non-hydrogen) atoms. The Morgan fingerprint density at radius 1 is 1.37 bits per heavy atom. The summed E-state index contributed by atoms with van der Waals surface area (Å²) in [6.07, 6.45) is 2.04. The summed E-state index contributed by atoms with van der Waals surface area (Å²) in [5.41, 5.74) is -0.380. The third-order valence-corrected chi connectivity index (χ3v) is 3.53. The van der Waals surface area contributed by atoms with Crippen molar-refractivity contribution in [3.63, 3.8) is 0 Å². The fourth-order valence-electron chi connectivity index (χ4n) is 2.54. The maximum atomic E-state index is 12.3. The van der Waals surface area contributed by atoms with Crippen molar-refractivity contribution >= 4 is 10.9 Å². The zero-order chi connectivity index (χ0) is 13.4. The number of H-pyrrole nitrogens is 1. The molecule has 3 N–H and O–H groups in total. The number of phenols is 1. The van der Waals surface area contributed by atoms with Crippen LogP contribution in [0.1, 0.15) is 12.8 Å². The topological polar surface area (TPSA) is 87.1 Å². The minimum Gasteiger partial charge on any atom is -0.508 e. The summed E-state index contributed by atoms with van der Waals surface area (Å²) in [4.78, 5) is 26.9. The minimum atomic E-state index is -0.434. The summed E-state index contributed by atoms with van der Waals surface area (Å²) in [7, 11) is 0. The van der Waals surface area contributed by atoms with Gasteiger partial charge in [0.25, 0.3) is 5.56 Å². The van der Waals surface area contributed by atoms with Gasteiger partial charge in [-0.2, -0.15) is 0 Å². The molecule has 0 spiro atoms. The molecular formula is C13H15N3O3. The average molecular weight is 261 g/mol. The van der Waals surface area contributed by atoms with Crippen molar-refractivity contribution in [2.45, 2.75) is 25.4 Å². The number of hydrogen-bond acceptors (Lipinski definition) is 4. The molecule has 3 rings (SSSR count). The monoisotopic (exact) mass is 261 g/mol. The molecule has 0 bridgehead atoms. The van der Waals surface area contributed by atoms with E-state index in [1.54, 1.807) is 0 Å². The number of phenolic OH excluding ortho intramolecular Hbond substituents is 1. The lowest BCUT2D eigenvalue weighted by molar-refractivity contribution is 0.475. The van der Waals surface area contributed by atoms with Crippen LogP contribution in [0.5, 0.6) is 5.75 Å². The molecule has 1 atom stereocenters. The first-order chi connectivity index (χ1) is 9.15. The maximum Gasteiger partial charge on any atom is 0.328 e. The Bertz CT molecular complexity index is 726. The molecule has 1 aliphatic heterocycles. The molecule has 1 aliphatic rings. The first-order valence-electron chi connectivity index (χ1n) is 6.34. The summed E-state index contributed by atoms with van der Waals surface area (Å²) < 4.78 is 1.22. The Labute approximate surface area is 108 Å². The van der Waals surface area contributed by atoms with Crippen molar-refractivity contribution in [3.8, 4) is 5.75 Å². The highest BCUT2D eigenvalue weighted by Gasteiger charge is 2.17. The fourth-order valence-corrected chi connectivity index (χ4v) is 2.54. The van der Waals surface area contributed by atoms with Gasteiger partial charge in [0.2, 0.25) is 0 Å². The Kier molecular flexibility index (Phi) is 2.87. The third-order valence-electron chi connectivity index (χ3n) is 3.53. The summed E-state index contributed by atoms with van der Waals surface area (Å²) in [5, 5.41) is 13.0. The van der Waals surface area contributed by atoms with Gasteiger partial charge in [-0.1, -0.05) is 0 Å². The van der Waals surface area contributed by atoms with Gasteiger partial charge in [-0.05, 0) is 31.5 Å². The number of rotatable bonds is 2. The van der Waals surface area contributed by atoms with E-state index in [4.69, 9.17) is 0 Å². The largest absolute Gasteiger partial charge is 0.508 e. The van der Waals surface area contributed by atoms with E-state index in [2.05, 4.69) is 10.3 Å². The molecule has 6 nitrogen and oxygen atoms in total. The van der Waals surface area contributed by atoms with Gasteiger partial charge in [-0.25, -0.2) is 4.79 Å². The van der Waals surface area contributed by atoms with Crippen LogP contribution in [0.2, 0.25) is 0 Å². The Balaban J connectivity index is 2.11. The number of aromatic hydroxyl groups is 1. The van der Waals surface area contributed by atoms with Crippen molar-refractivity contribution in [3.05, 3.63) is 39.0 Å². The predicted molar refractivity (Wildman–Crippen MR) is 71.5 cm³/mol. The molecule has 1 unspecified atom stereocenters. The number of nitrogens with one attached hydrogen (secondary N) is 2. The van der Waals surface area contributed by atoms with Crippen LogP contribution >= 0.6 is 0 Å². The normalized spacial score (nSPS) is 19.1. The highest BCUT2D eigenvalue weighted by Crippen LogP contribution is 2.14. The van der Waals surface area contributed by atoms with Gasteiger partial charge >= 0.3 is 5.69 Å². The van der Waals surface area contributed by atoms with Crippen LogP contribution in [0.4, 0.5) is 0 Å². The Hall–Kier alpha value is -2.08. The van der Waals surface area contributed by atoms with Crippen LogP contribution in [-0.2, 0) is 6.54 Å². The van der Waals surface area contributed by atoms with Crippen molar-refractivity contribution in [1.29, 1.82) is 0 Å². The van der Waals surface area contributed by atoms with Crippen molar-refractivity contribution in [1.82, 2.24) is 14.9 Å². The van der Waals surface area contributed by atoms with Gasteiger partial charge in [0.05, 0.1) is 10.9 Å². The number of aromatic nitrogens is 2. The number of fused-ring (bicyclic) bond motifs is 1. The van der Waals surface area contributed by atoms with E-state index in [1.807, 2.05) is 0 Å². The number of aromatic amines is 1. The smallest absolute Gasteiger partial charge is 0.328 e. The summed E-state index contributed by atoms with van der Waals surface area (Å²) in [5.74, 6) is 0.0257. The SMILES string of the molecule is O=c1[nH]c2cc(O)ccc2c(=O)n1CC1CCCN1. The van der Waals surface area contributed by atoms with E-state index in [-0.39, 0.29) is 17.4 Å². The molecule has 1 aromatic carbocycles. The molecule has 1 fully saturated rings. The highest BCUT2D eigenvalue weighted by atomic mass is 16.3. The van der Waals surface area contributed by atoms with Crippen molar-refractivity contribution in [2.24, 2.45) is 0 Å². The molecule has 0 amide bonds. The van der Waals surface area contributed by atoms with Crippen LogP contribution in [-0.4, -0.2) is 27.2 Å². The van der Waals surface area contributed by atoms with E-state index >= 15 is 0 Å². The zero-order valence-electron chi connectivity index (χ0n) is 10.3. The second-order valence-electron chi connectivity index (χ2n) is 4.87. The lowest BCUT2D eigenvalue weighted by Gasteiger charge is -2.12. The summed E-state index contributed by atoms with van der Waals surface area (Å²) in [6.45, 7) is 1.31. The molecule has 1 saturated heterocycles. The Morgan fingerprint density at radius 3 is 2.95 bits per heavy atom. The first-order valence-corrected chi connectivity index (χ1v) is 6.34. The maximum absolute atomic E-state index is 12.3. The standard InChI is InChI=1S/C13H15N3O3/c17-9-3-4-10-11(6-9)15-13(19)16(12(10)18)7-8-2-1-5-14-8/h3-4,6,8,14,17H,1-2,5,7H2,(H,15,19). The van der Waals surface area contributed by atoms with Gasteiger partial charge in [-0.3, -0.25) is 9.36 Å². The molecule has 1 aromatic heterocycles. The molecule has 2 heterocycles. The van der Waals surface area contributed by atoms with Crippen LogP contribution in [0.15, 0.2) is 27.8 Å². The summed E-state index contributed by atoms with van der Waals surface area (Å²) >= 11 is 0. The summed E-state index contributed by atoms with van der Waals surface area (Å²) in [6, 6.07) is 4.53.